The minimum atomic E-state index is -1.41. The molecule has 2 aromatic rings. The van der Waals surface area contributed by atoms with Crippen molar-refractivity contribution in [2.24, 2.45) is 0 Å². The lowest BCUT2D eigenvalue weighted by Crippen LogP contribution is -2.45. The zero-order chi connectivity index (χ0) is 15.6. The van der Waals surface area contributed by atoms with E-state index in [4.69, 9.17) is 11.6 Å². The molecule has 22 heavy (non-hydrogen) atoms. The van der Waals surface area contributed by atoms with Crippen LogP contribution in [0, 0.1) is 5.82 Å². The van der Waals surface area contributed by atoms with Crippen molar-refractivity contribution < 1.29 is 19.1 Å². The third-order valence-electron chi connectivity index (χ3n) is 4.14. The summed E-state index contributed by atoms with van der Waals surface area (Å²) >= 11 is 5.97. The Morgan fingerprint density at radius 3 is 2.86 bits per heavy atom. The maximum absolute atomic E-state index is 13.7. The molecule has 1 amide bonds. The third-order valence-corrected chi connectivity index (χ3v) is 4.51. The number of rotatable bonds is 1. The van der Waals surface area contributed by atoms with Gasteiger partial charge in [-0.1, -0.05) is 11.6 Å². The molecule has 0 radical (unpaired) electrons. The number of benzene rings is 1. The first-order valence-electron chi connectivity index (χ1n) is 6.58. The summed E-state index contributed by atoms with van der Waals surface area (Å²) in [5.41, 5.74) is 0.491. The molecule has 6 nitrogen and oxygen atoms in total. The normalized spacial score (nSPS) is 18.9. The van der Waals surface area contributed by atoms with Crippen molar-refractivity contribution in [3.05, 3.63) is 46.3 Å². The van der Waals surface area contributed by atoms with Gasteiger partial charge in [-0.05, 0) is 18.6 Å². The van der Waals surface area contributed by atoms with Gasteiger partial charge in [0.1, 0.15) is 17.8 Å². The fourth-order valence-corrected chi connectivity index (χ4v) is 3.27. The molecule has 0 bridgehead atoms. The molecule has 0 spiro atoms. The summed E-state index contributed by atoms with van der Waals surface area (Å²) in [6.45, 7) is 0.452. The van der Waals surface area contributed by atoms with Crippen LogP contribution in [0.3, 0.4) is 0 Å². The molecular formula is C14H8ClFN3O3-. The van der Waals surface area contributed by atoms with Crippen LogP contribution < -0.4 is 5.11 Å². The Bertz CT molecular complexity index is 848. The van der Waals surface area contributed by atoms with Crippen molar-refractivity contribution in [1.29, 1.82) is 0 Å². The van der Waals surface area contributed by atoms with Crippen LogP contribution in [0.25, 0.3) is 5.69 Å². The summed E-state index contributed by atoms with van der Waals surface area (Å²) < 4.78 is 15.2. The van der Waals surface area contributed by atoms with Crippen LogP contribution in [0.4, 0.5) is 4.39 Å². The third kappa shape index (κ3) is 1.51. The van der Waals surface area contributed by atoms with E-state index in [2.05, 4.69) is 4.98 Å². The summed E-state index contributed by atoms with van der Waals surface area (Å²) in [7, 11) is 0. The minimum Gasteiger partial charge on any atom is -0.543 e. The Balaban J connectivity index is 2.08. The molecule has 4 rings (SSSR count). The predicted molar refractivity (Wildman–Crippen MR) is 71.3 cm³/mol. The molecule has 3 heterocycles. The smallest absolute Gasteiger partial charge is 0.258 e. The van der Waals surface area contributed by atoms with E-state index < -0.39 is 23.7 Å². The Morgan fingerprint density at radius 1 is 1.45 bits per heavy atom. The first-order valence-corrected chi connectivity index (χ1v) is 6.96. The van der Waals surface area contributed by atoms with Gasteiger partial charge in [0.05, 0.1) is 34.0 Å². The van der Waals surface area contributed by atoms with Gasteiger partial charge >= 0.3 is 0 Å². The number of amides is 1. The summed E-state index contributed by atoms with van der Waals surface area (Å²) in [6.07, 6.45) is 1.90. The number of fused-ring (bicyclic) bond motifs is 5. The van der Waals surface area contributed by atoms with Crippen molar-refractivity contribution in [1.82, 2.24) is 14.5 Å². The molecule has 2 aliphatic heterocycles. The highest BCUT2D eigenvalue weighted by Gasteiger charge is 2.42. The highest BCUT2D eigenvalue weighted by Crippen LogP contribution is 2.42. The lowest BCUT2D eigenvalue weighted by molar-refractivity contribution is -0.255. The van der Waals surface area contributed by atoms with Crippen LogP contribution in [0.15, 0.2) is 18.5 Å². The van der Waals surface area contributed by atoms with Crippen molar-refractivity contribution in [3.8, 4) is 5.69 Å². The highest BCUT2D eigenvalue weighted by atomic mass is 35.5. The molecule has 0 saturated carbocycles. The topological polar surface area (TPSA) is 78.3 Å². The first kappa shape index (κ1) is 13.3. The number of carboxylic acids is 1. The van der Waals surface area contributed by atoms with Crippen LogP contribution >= 0.6 is 11.6 Å². The second kappa shape index (κ2) is 4.30. The number of halogens is 2. The van der Waals surface area contributed by atoms with Gasteiger partial charge in [0.25, 0.3) is 5.91 Å². The van der Waals surface area contributed by atoms with E-state index in [0.717, 1.165) is 6.07 Å². The van der Waals surface area contributed by atoms with Gasteiger partial charge in [0, 0.05) is 6.54 Å². The fourth-order valence-electron chi connectivity index (χ4n) is 3.03. The van der Waals surface area contributed by atoms with Crippen LogP contribution in [0.5, 0.6) is 0 Å². The molecule has 1 aromatic carbocycles. The van der Waals surface area contributed by atoms with Crippen molar-refractivity contribution in [2.75, 3.05) is 6.54 Å². The average molecular weight is 321 g/mol. The molecule has 1 atom stereocenters. The van der Waals surface area contributed by atoms with E-state index in [-0.39, 0.29) is 16.3 Å². The number of aromatic carboxylic acids is 1. The second-order valence-electron chi connectivity index (χ2n) is 5.19. The summed E-state index contributed by atoms with van der Waals surface area (Å²) in [5.74, 6) is -2.53. The number of hydrogen-bond acceptors (Lipinski definition) is 4. The van der Waals surface area contributed by atoms with E-state index in [0.29, 0.717) is 24.3 Å². The molecule has 0 N–H and O–H groups in total. The van der Waals surface area contributed by atoms with Crippen LogP contribution in [-0.2, 0) is 0 Å². The van der Waals surface area contributed by atoms with Gasteiger partial charge in [0.15, 0.2) is 0 Å². The molecule has 112 valence electrons. The minimum absolute atomic E-state index is 0.0208. The molecule has 0 aliphatic carbocycles. The zero-order valence-electron chi connectivity index (χ0n) is 11.0. The number of hydrogen-bond donors (Lipinski definition) is 0. The van der Waals surface area contributed by atoms with Crippen molar-refractivity contribution in [2.45, 2.75) is 12.5 Å². The standard InChI is InChI=1S/C14H9ClFN3O3/c15-10-6(16)1-2-7-9(10)13(20)18-4-3-8(18)12-11(14(21)22)17-5-19(7)12/h1-2,5,8H,3-4H2,(H,21,22)/p-1/t8-/m0/s1. The molecule has 1 aromatic heterocycles. The molecule has 2 aliphatic rings. The molecule has 0 unspecified atom stereocenters. The lowest BCUT2D eigenvalue weighted by Gasteiger charge is -2.40. The van der Waals surface area contributed by atoms with Crippen LogP contribution in [-0.4, -0.2) is 32.9 Å². The van der Waals surface area contributed by atoms with E-state index in [1.165, 1.54) is 21.9 Å². The monoisotopic (exact) mass is 320 g/mol. The number of imidazole rings is 1. The van der Waals surface area contributed by atoms with Gasteiger partial charge in [-0.2, -0.15) is 0 Å². The highest BCUT2D eigenvalue weighted by molar-refractivity contribution is 6.34. The van der Waals surface area contributed by atoms with E-state index in [9.17, 15) is 19.1 Å². The van der Waals surface area contributed by atoms with Gasteiger partial charge < -0.3 is 14.8 Å². The summed E-state index contributed by atoms with van der Waals surface area (Å²) in [6, 6.07) is 2.11. The number of carbonyl (C=O) groups excluding carboxylic acids is 2. The van der Waals surface area contributed by atoms with E-state index >= 15 is 0 Å². The van der Waals surface area contributed by atoms with E-state index in [1.807, 2.05) is 0 Å². The average Bonchev–Trinajstić information content (AvgIpc) is 2.82. The number of carboxylic acid groups (broad SMARTS) is 1. The summed E-state index contributed by atoms with van der Waals surface area (Å²) in [5, 5.41) is 11.0. The van der Waals surface area contributed by atoms with Gasteiger partial charge in [0.2, 0.25) is 0 Å². The van der Waals surface area contributed by atoms with E-state index in [1.54, 1.807) is 0 Å². The Morgan fingerprint density at radius 2 is 2.23 bits per heavy atom. The van der Waals surface area contributed by atoms with Crippen molar-refractivity contribution >= 4 is 23.5 Å². The lowest BCUT2D eigenvalue weighted by atomic mass is 9.97. The number of carbonyl (C=O) groups is 2. The van der Waals surface area contributed by atoms with Gasteiger partial charge in [-0.3, -0.25) is 9.36 Å². The largest absolute Gasteiger partial charge is 0.543 e. The Hall–Kier alpha value is -2.41. The number of nitrogens with zero attached hydrogens (tertiary/aromatic N) is 3. The first-order chi connectivity index (χ1) is 10.5. The quantitative estimate of drug-likeness (QED) is 0.783. The van der Waals surface area contributed by atoms with Crippen molar-refractivity contribution in [3.63, 3.8) is 0 Å². The fraction of sp³-hybridized carbons (Fsp3) is 0.214. The Labute approximate surface area is 128 Å². The second-order valence-corrected chi connectivity index (χ2v) is 5.57. The molecule has 1 fully saturated rings. The molecular weight excluding hydrogens is 313 g/mol. The molecule has 1 saturated heterocycles. The zero-order valence-corrected chi connectivity index (χ0v) is 11.8. The van der Waals surface area contributed by atoms with Gasteiger partial charge in [-0.15, -0.1) is 0 Å². The number of aromatic nitrogens is 2. The predicted octanol–water partition coefficient (Wildman–Crippen LogP) is 0.929. The van der Waals surface area contributed by atoms with Gasteiger partial charge in [-0.25, -0.2) is 9.37 Å². The SMILES string of the molecule is O=C([O-])c1ncn2c1[C@@H]1CCN1C(=O)c1c-2ccc(F)c1Cl. The maximum Gasteiger partial charge on any atom is 0.258 e. The van der Waals surface area contributed by atoms with Crippen LogP contribution in [0.1, 0.15) is 39.0 Å². The molecule has 8 heteroatoms. The van der Waals surface area contributed by atoms with Crippen LogP contribution in [0.2, 0.25) is 5.02 Å². The summed E-state index contributed by atoms with van der Waals surface area (Å²) in [4.78, 5) is 29.2. The Kier molecular flexibility index (Phi) is 2.59. The maximum atomic E-state index is 13.7.